The first kappa shape index (κ1) is 20.8. The standard InChI is InChI=1S/C21H25ClN2O3/c1-4-7-20(25)23-16-10-11-18(22)19(13-16)24-21(26)15-8-6-9-17(12-15)27-14(3)5-2/h6,8-14H,4-5,7H2,1-3H3,(H,23,25)(H,24,26). The Bertz CT molecular complexity index is 808. The Hall–Kier alpha value is -2.53. The van der Waals surface area contributed by atoms with Crippen LogP contribution in [-0.2, 0) is 4.79 Å². The van der Waals surface area contributed by atoms with Crippen LogP contribution in [0.1, 0.15) is 50.4 Å². The van der Waals surface area contributed by atoms with Crippen LogP contribution in [0.3, 0.4) is 0 Å². The Morgan fingerprint density at radius 3 is 2.59 bits per heavy atom. The molecule has 6 heteroatoms. The monoisotopic (exact) mass is 388 g/mol. The van der Waals surface area contributed by atoms with Crippen molar-refractivity contribution in [2.75, 3.05) is 10.6 Å². The van der Waals surface area contributed by atoms with Gasteiger partial charge in [0.25, 0.3) is 5.91 Å². The number of halogens is 1. The second-order valence-corrected chi connectivity index (χ2v) is 6.72. The highest BCUT2D eigenvalue weighted by Crippen LogP contribution is 2.27. The maximum Gasteiger partial charge on any atom is 0.255 e. The highest BCUT2D eigenvalue weighted by Gasteiger charge is 2.12. The molecule has 0 aliphatic carbocycles. The number of nitrogens with one attached hydrogen (secondary N) is 2. The predicted octanol–water partition coefficient (Wildman–Crippen LogP) is 5.51. The molecular weight excluding hydrogens is 364 g/mol. The molecule has 5 nitrogen and oxygen atoms in total. The molecule has 0 spiro atoms. The van der Waals surface area contributed by atoms with E-state index in [1.54, 1.807) is 36.4 Å². The van der Waals surface area contributed by atoms with Gasteiger partial charge in [-0.3, -0.25) is 9.59 Å². The van der Waals surface area contributed by atoms with E-state index < -0.39 is 0 Å². The van der Waals surface area contributed by atoms with Gasteiger partial charge in [-0.2, -0.15) is 0 Å². The van der Waals surface area contributed by atoms with Crippen LogP contribution in [0, 0.1) is 0 Å². The predicted molar refractivity (Wildman–Crippen MR) is 110 cm³/mol. The zero-order valence-corrected chi connectivity index (χ0v) is 16.6. The maximum atomic E-state index is 12.6. The van der Waals surface area contributed by atoms with E-state index in [0.717, 1.165) is 12.8 Å². The Labute approximate surface area is 165 Å². The summed E-state index contributed by atoms with van der Waals surface area (Å²) < 4.78 is 5.76. The maximum absolute atomic E-state index is 12.6. The van der Waals surface area contributed by atoms with Crippen LogP contribution in [0.4, 0.5) is 11.4 Å². The van der Waals surface area contributed by atoms with E-state index in [1.165, 1.54) is 0 Å². The van der Waals surface area contributed by atoms with Gasteiger partial charge in [0.15, 0.2) is 0 Å². The van der Waals surface area contributed by atoms with Crippen LogP contribution < -0.4 is 15.4 Å². The summed E-state index contributed by atoms with van der Waals surface area (Å²) in [5, 5.41) is 5.97. The summed E-state index contributed by atoms with van der Waals surface area (Å²) in [5.74, 6) is 0.263. The highest BCUT2D eigenvalue weighted by atomic mass is 35.5. The number of hydrogen-bond acceptors (Lipinski definition) is 3. The van der Waals surface area contributed by atoms with Crippen molar-refractivity contribution >= 4 is 34.8 Å². The summed E-state index contributed by atoms with van der Waals surface area (Å²) in [4.78, 5) is 24.4. The van der Waals surface area contributed by atoms with Gasteiger partial charge in [-0.05, 0) is 56.2 Å². The molecular formula is C21H25ClN2O3. The third-order valence-electron chi connectivity index (χ3n) is 3.98. The van der Waals surface area contributed by atoms with Crippen molar-refractivity contribution in [1.29, 1.82) is 0 Å². The largest absolute Gasteiger partial charge is 0.491 e. The third kappa shape index (κ3) is 6.29. The molecule has 0 fully saturated rings. The normalized spacial score (nSPS) is 11.6. The van der Waals surface area contributed by atoms with Crippen LogP contribution in [-0.4, -0.2) is 17.9 Å². The van der Waals surface area contributed by atoms with Gasteiger partial charge in [-0.15, -0.1) is 0 Å². The molecule has 0 saturated carbocycles. The number of carbonyl (C=O) groups is 2. The molecule has 1 atom stereocenters. The minimum absolute atomic E-state index is 0.0705. The smallest absolute Gasteiger partial charge is 0.255 e. The van der Waals surface area contributed by atoms with Gasteiger partial charge >= 0.3 is 0 Å². The van der Waals surface area contributed by atoms with E-state index in [0.29, 0.717) is 34.1 Å². The third-order valence-corrected chi connectivity index (χ3v) is 4.31. The molecule has 0 bridgehead atoms. The van der Waals surface area contributed by atoms with E-state index in [2.05, 4.69) is 10.6 Å². The Morgan fingerprint density at radius 2 is 1.89 bits per heavy atom. The number of carbonyl (C=O) groups excluding carboxylic acids is 2. The summed E-state index contributed by atoms with van der Waals surface area (Å²) in [7, 11) is 0. The van der Waals surface area contributed by atoms with Crippen LogP contribution in [0.2, 0.25) is 5.02 Å². The number of hydrogen-bond donors (Lipinski definition) is 2. The van der Waals surface area contributed by atoms with Crippen molar-refractivity contribution in [3.63, 3.8) is 0 Å². The molecule has 0 saturated heterocycles. The average molecular weight is 389 g/mol. The van der Waals surface area contributed by atoms with E-state index in [4.69, 9.17) is 16.3 Å². The lowest BCUT2D eigenvalue weighted by Crippen LogP contribution is -2.15. The van der Waals surface area contributed by atoms with Crippen molar-refractivity contribution in [1.82, 2.24) is 0 Å². The fraction of sp³-hybridized carbons (Fsp3) is 0.333. The van der Waals surface area contributed by atoms with Crippen molar-refractivity contribution < 1.29 is 14.3 Å². The molecule has 2 N–H and O–H groups in total. The first-order valence-corrected chi connectivity index (χ1v) is 9.48. The van der Waals surface area contributed by atoms with E-state index in [-0.39, 0.29) is 17.9 Å². The van der Waals surface area contributed by atoms with Crippen molar-refractivity contribution in [3.05, 3.63) is 53.1 Å². The molecule has 2 amide bonds. The zero-order chi connectivity index (χ0) is 19.8. The van der Waals surface area contributed by atoms with Gasteiger partial charge in [-0.1, -0.05) is 31.5 Å². The molecule has 0 heterocycles. The molecule has 27 heavy (non-hydrogen) atoms. The summed E-state index contributed by atoms with van der Waals surface area (Å²) in [5.41, 5.74) is 1.48. The van der Waals surface area contributed by atoms with Gasteiger partial charge in [-0.25, -0.2) is 0 Å². The summed E-state index contributed by atoms with van der Waals surface area (Å²) in [6.07, 6.45) is 2.15. The van der Waals surface area contributed by atoms with Gasteiger partial charge in [0.2, 0.25) is 5.91 Å². The van der Waals surface area contributed by atoms with Gasteiger partial charge in [0.05, 0.1) is 16.8 Å². The van der Waals surface area contributed by atoms with Crippen LogP contribution >= 0.6 is 11.6 Å². The molecule has 2 rings (SSSR count). The van der Waals surface area contributed by atoms with E-state index in [1.807, 2.05) is 26.8 Å². The lowest BCUT2D eigenvalue weighted by molar-refractivity contribution is -0.116. The van der Waals surface area contributed by atoms with E-state index in [9.17, 15) is 9.59 Å². The fourth-order valence-corrected chi connectivity index (χ4v) is 2.53. The van der Waals surface area contributed by atoms with Crippen LogP contribution in [0.15, 0.2) is 42.5 Å². The Morgan fingerprint density at radius 1 is 1.11 bits per heavy atom. The zero-order valence-electron chi connectivity index (χ0n) is 15.8. The quantitative estimate of drug-likeness (QED) is 0.626. The molecule has 2 aromatic carbocycles. The molecule has 0 radical (unpaired) electrons. The minimum atomic E-state index is -0.302. The van der Waals surface area contributed by atoms with Crippen molar-refractivity contribution in [2.45, 2.75) is 46.1 Å². The van der Waals surface area contributed by atoms with Gasteiger partial charge in [0.1, 0.15) is 5.75 Å². The summed E-state index contributed by atoms with van der Waals surface area (Å²) in [6.45, 7) is 5.95. The first-order valence-electron chi connectivity index (χ1n) is 9.10. The lowest BCUT2D eigenvalue weighted by Gasteiger charge is -2.14. The minimum Gasteiger partial charge on any atom is -0.491 e. The number of ether oxygens (including phenoxy) is 1. The average Bonchev–Trinajstić information content (AvgIpc) is 2.64. The molecule has 0 aliphatic heterocycles. The molecule has 0 aliphatic rings. The second-order valence-electron chi connectivity index (χ2n) is 6.31. The highest BCUT2D eigenvalue weighted by molar-refractivity contribution is 6.34. The fourth-order valence-electron chi connectivity index (χ4n) is 2.37. The molecule has 2 aromatic rings. The topological polar surface area (TPSA) is 67.4 Å². The van der Waals surface area contributed by atoms with Gasteiger partial charge < -0.3 is 15.4 Å². The van der Waals surface area contributed by atoms with Crippen LogP contribution in [0.5, 0.6) is 5.75 Å². The van der Waals surface area contributed by atoms with E-state index >= 15 is 0 Å². The number of rotatable bonds is 8. The SMILES string of the molecule is CCCC(=O)Nc1ccc(Cl)c(NC(=O)c2cccc(OC(C)CC)c2)c1. The Kier molecular flexibility index (Phi) is 7.67. The molecule has 144 valence electrons. The van der Waals surface area contributed by atoms with Gasteiger partial charge in [0, 0.05) is 17.7 Å². The van der Waals surface area contributed by atoms with Crippen molar-refractivity contribution in [3.8, 4) is 5.75 Å². The summed E-state index contributed by atoms with van der Waals surface area (Å²) >= 11 is 6.19. The molecule has 1 unspecified atom stereocenters. The number of benzene rings is 2. The van der Waals surface area contributed by atoms with Crippen molar-refractivity contribution in [2.24, 2.45) is 0 Å². The first-order chi connectivity index (χ1) is 12.9. The Balaban J connectivity index is 2.13. The molecule has 0 aromatic heterocycles. The number of anilines is 2. The summed E-state index contributed by atoms with van der Waals surface area (Å²) in [6, 6.07) is 12.0. The second kappa shape index (κ2) is 9.97. The number of amides is 2. The lowest BCUT2D eigenvalue weighted by atomic mass is 10.2. The van der Waals surface area contributed by atoms with Crippen LogP contribution in [0.25, 0.3) is 0 Å².